The van der Waals surface area contributed by atoms with Crippen molar-refractivity contribution in [1.82, 2.24) is 0 Å². The predicted octanol–water partition coefficient (Wildman–Crippen LogP) is 6.60. The van der Waals surface area contributed by atoms with Gasteiger partial charge >= 0.3 is 0 Å². The van der Waals surface area contributed by atoms with Gasteiger partial charge in [0, 0.05) is 12.8 Å². The molecule has 4 nitrogen and oxygen atoms in total. The van der Waals surface area contributed by atoms with Crippen LogP contribution in [-0.2, 0) is 4.43 Å². The summed E-state index contributed by atoms with van der Waals surface area (Å²) in [6.07, 6.45) is 1.07. The molecule has 0 amide bonds. The van der Waals surface area contributed by atoms with Crippen molar-refractivity contribution in [2.45, 2.75) is 50.9 Å². The van der Waals surface area contributed by atoms with Crippen molar-refractivity contribution in [2.24, 2.45) is 0 Å². The number of benzene rings is 4. The van der Waals surface area contributed by atoms with E-state index in [0.717, 1.165) is 16.7 Å². The third kappa shape index (κ3) is 7.53. The summed E-state index contributed by atoms with van der Waals surface area (Å²) in [5.74, 6) is 0.161. The first-order valence-electron chi connectivity index (χ1n) is 14.1. The Morgan fingerprint density at radius 3 is 1.73 bits per heavy atom. The second-order valence-electron chi connectivity index (χ2n) is 11.4. The van der Waals surface area contributed by atoms with Crippen LogP contribution in [0.25, 0.3) is 0 Å². The number of hydrogen-bond donors (Lipinski definition) is 3. The Balaban J connectivity index is 1.69. The molecule has 2 atom stereocenters. The summed E-state index contributed by atoms with van der Waals surface area (Å²) < 4.78 is 7.14. The van der Waals surface area contributed by atoms with Crippen molar-refractivity contribution in [3.8, 4) is 5.75 Å². The molecule has 0 bridgehead atoms. The zero-order valence-corrected chi connectivity index (χ0v) is 25.1. The van der Waals surface area contributed by atoms with Crippen molar-refractivity contribution in [1.29, 1.82) is 0 Å². The molecule has 0 aliphatic heterocycles. The quantitative estimate of drug-likeness (QED) is 0.142. The molecule has 0 aliphatic rings. The highest BCUT2D eigenvalue weighted by Gasteiger charge is 2.50. The lowest BCUT2D eigenvalue weighted by molar-refractivity contribution is 0.173. The van der Waals surface area contributed by atoms with E-state index >= 15 is 0 Å². The van der Waals surface area contributed by atoms with E-state index in [1.165, 1.54) is 10.4 Å². The topological polar surface area (TPSA) is 69.9 Å². The van der Waals surface area contributed by atoms with Gasteiger partial charge in [0.2, 0.25) is 0 Å². The third-order valence-corrected chi connectivity index (χ3v) is 12.4. The van der Waals surface area contributed by atoms with Crippen LogP contribution in [0.15, 0.2) is 133 Å². The van der Waals surface area contributed by atoms with Crippen LogP contribution >= 0.6 is 0 Å². The highest BCUT2D eigenvalue weighted by Crippen LogP contribution is 2.37. The Morgan fingerprint density at radius 2 is 1.22 bits per heavy atom. The van der Waals surface area contributed by atoms with Crippen molar-refractivity contribution in [3.05, 3.63) is 144 Å². The first-order chi connectivity index (χ1) is 19.7. The zero-order valence-electron chi connectivity index (χ0n) is 24.1. The summed E-state index contributed by atoms with van der Waals surface area (Å²) in [6.45, 7) is 7.02. The van der Waals surface area contributed by atoms with Crippen LogP contribution in [0.4, 0.5) is 0 Å². The Hall–Kier alpha value is -3.70. The molecule has 0 heterocycles. The van der Waals surface area contributed by atoms with E-state index in [1.54, 1.807) is 24.3 Å². The molecule has 3 N–H and O–H groups in total. The summed E-state index contributed by atoms with van der Waals surface area (Å²) in [7, 11) is -2.79. The van der Waals surface area contributed by atoms with E-state index in [-0.39, 0.29) is 10.8 Å². The first kappa shape index (κ1) is 30.3. The Morgan fingerprint density at radius 1 is 0.732 bits per heavy atom. The molecule has 0 radical (unpaired) electrons. The summed E-state index contributed by atoms with van der Waals surface area (Å²) in [5, 5.41) is 33.6. The Kier molecular flexibility index (Phi) is 10.2. The molecule has 4 aromatic rings. The van der Waals surface area contributed by atoms with E-state index in [4.69, 9.17) is 4.43 Å². The molecule has 0 saturated heterocycles. The van der Waals surface area contributed by atoms with Crippen LogP contribution in [0, 0.1) is 0 Å². The van der Waals surface area contributed by atoms with Crippen molar-refractivity contribution in [2.75, 3.05) is 6.61 Å². The maximum atomic E-state index is 11.1. The van der Waals surface area contributed by atoms with Crippen molar-refractivity contribution >= 4 is 18.7 Å². The molecule has 4 rings (SSSR count). The van der Waals surface area contributed by atoms with Gasteiger partial charge in [-0.1, -0.05) is 124 Å². The number of aromatic hydroxyl groups is 1. The average molecular weight is 565 g/mol. The van der Waals surface area contributed by atoms with Crippen LogP contribution in [0.1, 0.15) is 56.9 Å². The molecule has 212 valence electrons. The van der Waals surface area contributed by atoms with Gasteiger partial charge in [0.05, 0.1) is 18.8 Å². The van der Waals surface area contributed by atoms with Gasteiger partial charge in [0.15, 0.2) is 0 Å². The lowest BCUT2D eigenvalue weighted by atomic mass is 10.0. The van der Waals surface area contributed by atoms with Crippen LogP contribution < -0.4 is 10.4 Å². The van der Waals surface area contributed by atoms with Crippen LogP contribution in [-0.4, -0.2) is 30.2 Å². The number of phenols is 1. The fraction of sp³-hybridized carbons (Fsp3) is 0.250. The second-order valence-corrected chi connectivity index (χ2v) is 15.7. The highest BCUT2D eigenvalue weighted by molar-refractivity contribution is 6.99. The molecular weight excluding hydrogens is 524 g/mol. The minimum absolute atomic E-state index is 0.161. The summed E-state index contributed by atoms with van der Waals surface area (Å²) in [5.41, 5.74) is 5.76. The third-order valence-electron chi connectivity index (χ3n) is 7.43. The number of rotatable bonds is 11. The van der Waals surface area contributed by atoms with E-state index in [0.29, 0.717) is 19.4 Å². The van der Waals surface area contributed by atoms with Crippen molar-refractivity contribution < 1.29 is 19.7 Å². The zero-order chi connectivity index (χ0) is 29.3. The summed E-state index contributed by atoms with van der Waals surface area (Å²) in [4.78, 5) is 0. The van der Waals surface area contributed by atoms with E-state index in [1.807, 2.05) is 48.5 Å². The molecule has 5 heteroatoms. The van der Waals surface area contributed by atoms with Gasteiger partial charge in [-0.2, -0.15) is 0 Å². The fourth-order valence-corrected chi connectivity index (χ4v) is 9.84. The first-order valence-corrected chi connectivity index (χ1v) is 16.0. The monoisotopic (exact) mass is 564 g/mol. The lowest BCUT2D eigenvalue weighted by Crippen LogP contribution is -2.66. The van der Waals surface area contributed by atoms with E-state index < -0.39 is 20.5 Å². The average Bonchev–Trinajstić information content (AvgIpc) is 2.98. The fourth-order valence-electron chi connectivity index (χ4n) is 5.29. The molecule has 0 saturated carbocycles. The number of hydrogen-bond acceptors (Lipinski definition) is 4. The largest absolute Gasteiger partial charge is 0.508 e. The lowest BCUT2D eigenvalue weighted by Gasteiger charge is -2.43. The van der Waals surface area contributed by atoms with Gasteiger partial charge in [-0.05, 0) is 50.3 Å². The molecule has 0 aliphatic carbocycles. The smallest absolute Gasteiger partial charge is 0.261 e. The van der Waals surface area contributed by atoms with Gasteiger partial charge < -0.3 is 19.7 Å². The molecule has 0 unspecified atom stereocenters. The maximum Gasteiger partial charge on any atom is 0.261 e. The number of phenolic OH excluding ortho intramolecular Hbond substituents is 1. The van der Waals surface area contributed by atoms with Crippen LogP contribution in [0.5, 0.6) is 5.75 Å². The predicted molar refractivity (Wildman–Crippen MR) is 169 cm³/mol. The minimum atomic E-state index is -2.79. The second kappa shape index (κ2) is 13.8. The molecule has 0 spiro atoms. The van der Waals surface area contributed by atoms with Gasteiger partial charge in [-0.25, -0.2) is 0 Å². The molecule has 4 aromatic carbocycles. The SMILES string of the molecule is CC(C)(C)[Si](OCC(=C=CC[C@@H](O)c1ccc(O)cc1)C[C@@H](O)c1ccccc1)(c1ccccc1)c1ccccc1. The van der Waals surface area contributed by atoms with Gasteiger partial charge in [-0.3, -0.25) is 0 Å². The van der Waals surface area contributed by atoms with E-state index in [9.17, 15) is 15.3 Å². The number of aliphatic hydroxyl groups is 2. The summed E-state index contributed by atoms with van der Waals surface area (Å²) in [6, 6.07) is 37.1. The molecular formula is C36H40O4Si. The number of aliphatic hydroxyl groups excluding tert-OH is 2. The Bertz CT molecular complexity index is 1380. The maximum absolute atomic E-state index is 11.1. The molecule has 0 fully saturated rings. The van der Waals surface area contributed by atoms with Gasteiger partial charge in [-0.15, -0.1) is 5.73 Å². The van der Waals surface area contributed by atoms with Crippen molar-refractivity contribution in [3.63, 3.8) is 0 Å². The Labute approximate surface area is 245 Å². The summed E-state index contributed by atoms with van der Waals surface area (Å²) >= 11 is 0. The van der Waals surface area contributed by atoms with Gasteiger partial charge in [0.25, 0.3) is 8.32 Å². The van der Waals surface area contributed by atoms with Crippen LogP contribution in [0.2, 0.25) is 5.04 Å². The molecule has 0 aromatic heterocycles. The normalized spacial score (nSPS) is 13.2. The minimum Gasteiger partial charge on any atom is -0.508 e. The standard InChI is InChI=1S/C36H40O4Si/c1-36(2,3)41(32-17-9-5-10-18-32,33-19-11-6-12-20-33)40-27-28(26-35(39)29-15-7-4-8-16-29)14-13-21-34(38)30-22-24-31(37)25-23-30/h4-13,15-20,22-25,34-35,37-39H,21,26-27H2,1-3H3/t14?,34-,35-/m1/s1. The van der Waals surface area contributed by atoms with E-state index in [2.05, 4.69) is 75.0 Å². The molecule has 41 heavy (non-hydrogen) atoms. The van der Waals surface area contributed by atoms with Crippen LogP contribution in [0.3, 0.4) is 0 Å². The van der Waals surface area contributed by atoms with Gasteiger partial charge in [0.1, 0.15) is 5.75 Å². The highest BCUT2D eigenvalue weighted by atomic mass is 28.4.